The van der Waals surface area contributed by atoms with Gasteiger partial charge in [-0.3, -0.25) is 0 Å². The smallest absolute Gasteiger partial charge is 0.342 e. The zero-order valence-corrected chi connectivity index (χ0v) is 10.2. The maximum Gasteiger partial charge on any atom is 0.342 e. The number of benzene rings is 1. The molecule has 1 aliphatic rings. The molecule has 0 fully saturated rings. The Morgan fingerprint density at radius 1 is 1.61 bits per heavy atom. The number of carbonyl (C=O) groups excluding carboxylic acids is 1. The Bertz CT molecular complexity index is 450. The maximum absolute atomic E-state index is 13.8. The van der Waals surface area contributed by atoms with E-state index in [1.54, 1.807) is 25.1 Å². The van der Waals surface area contributed by atoms with Gasteiger partial charge in [-0.15, -0.1) is 0 Å². The number of alkyl halides is 1. The van der Waals surface area contributed by atoms with E-state index in [1.165, 1.54) is 0 Å². The monoisotopic (exact) mass is 253 g/mol. The number of halogens is 1. The standard InChI is InChI=1S/C13H16FNO3/c1-2-17-13(16)11(14)12(15)9-3-4-10-8(7-9)5-6-18-10/h3-4,7,11-12H,2,5-6,15H2,1H3/t11?,12-/m1/s1. The second-order valence-electron chi connectivity index (χ2n) is 4.15. The Morgan fingerprint density at radius 2 is 2.39 bits per heavy atom. The van der Waals surface area contributed by atoms with Crippen LogP contribution in [0.1, 0.15) is 24.1 Å². The van der Waals surface area contributed by atoms with E-state index in [-0.39, 0.29) is 6.61 Å². The van der Waals surface area contributed by atoms with Crippen LogP contribution in [0.5, 0.6) is 5.75 Å². The van der Waals surface area contributed by atoms with E-state index < -0.39 is 18.2 Å². The number of nitrogens with two attached hydrogens (primary N) is 1. The fourth-order valence-corrected chi connectivity index (χ4v) is 1.95. The molecule has 5 heteroatoms. The van der Waals surface area contributed by atoms with Gasteiger partial charge in [0.05, 0.1) is 19.3 Å². The van der Waals surface area contributed by atoms with E-state index in [1.807, 2.05) is 0 Å². The molecule has 1 aromatic rings. The molecule has 2 atom stereocenters. The normalized spacial score (nSPS) is 16.6. The first-order valence-electron chi connectivity index (χ1n) is 5.95. The van der Waals surface area contributed by atoms with Crippen molar-refractivity contribution in [3.8, 4) is 5.75 Å². The summed E-state index contributed by atoms with van der Waals surface area (Å²) in [5.41, 5.74) is 7.33. The fraction of sp³-hybridized carbons (Fsp3) is 0.462. The Labute approximate surface area is 105 Å². The molecular weight excluding hydrogens is 237 g/mol. The summed E-state index contributed by atoms with van der Waals surface area (Å²) in [5.74, 6) is -0.112. The summed E-state index contributed by atoms with van der Waals surface area (Å²) in [4.78, 5) is 11.3. The third kappa shape index (κ3) is 2.46. The third-order valence-corrected chi connectivity index (χ3v) is 2.93. The van der Waals surface area contributed by atoms with Crippen molar-refractivity contribution in [1.82, 2.24) is 0 Å². The quantitative estimate of drug-likeness (QED) is 0.826. The van der Waals surface area contributed by atoms with Crippen LogP contribution < -0.4 is 10.5 Å². The number of carbonyl (C=O) groups is 1. The van der Waals surface area contributed by atoms with Gasteiger partial charge >= 0.3 is 5.97 Å². The molecule has 0 saturated carbocycles. The molecule has 0 aromatic heterocycles. The number of fused-ring (bicyclic) bond motifs is 1. The van der Waals surface area contributed by atoms with Gasteiger partial charge in [0.25, 0.3) is 0 Å². The van der Waals surface area contributed by atoms with E-state index in [2.05, 4.69) is 4.74 Å². The SMILES string of the molecule is CCOC(=O)C(F)[C@H](N)c1ccc2c(c1)CCO2. The Kier molecular flexibility index (Phi) is 3.81. The third-order valence-electron chi connectivity index (χ3n) is 2.93. The number of hydrogen-bond acceptors (Lipinski definition) is 4. The summed E-state index contributed by atoms with van der Waals surface area (Å²) in [5, 5.41) is 0. The molecule has 98 valence electrons. The summed E-state index contributed by atoms with van der Waals surface area (Å²) >= 11 is 0. The second-order valence-corrected chi connectivity index (χ2v) is 4.15. The minimum absolute atomic E-state index is 0.143. The van der Waals surface area contributed by atoms with Gasteiger partial charge in [0.1, 0.15) is 5.75 Å². The average molecular weight is 253 g/mol. The number of hydrogen-bond donors (Lipinski definition) is 1. The Balaban J connectivity index is 2.13. The average Bonchev–Trinajstić information content (AvgIpc) is 2.84. The highest BCUT2D eigenvalue weighted by molar-refractivity contribution is 5.75. The van der Waals surface area contributed by atoms with Crippen LogP contribution in [0.2, 0.25) is 0 Å². The van der Waals surface area contributed by atoms with Crippen molar-refractivity contribution >= 4 is 5.97 Å². The van der Waals surface area contributed by atoms with Gasteiger partial charge in [-0.25, -0.2) is 9.18 Å². The highest BCUT2D eigenvalue weighted by atomic mass is 19.1. The molecule has 18 heavy (non-hydrogen) atoms. The van der Waals surface area contributed by atoms with Gasteiger partial charge in [0, 0.05) is 6.42 Å². The van der Waals surface area contributed by atoms with E-state index in [0.29, 0.717) is 12.2 Å². The van der Waals surface area contributed by atoms with Crippen LogP contribution in [0.3, 0.4) is 0 Å². The Hall–Kier alpha value is -1.62. The molecule has 0 radical (unpaired) electrons. The molecule has 0 saturated heterocycles. The van der Waals surface area contributed by atoms with Gasteiger partial charge in [-0.05, 0) is 24.1 Å². The van der Waals surface area contributed by atoms with Crippen LogP contribution in [-0.4, -0.2) is 25.4 Å². The lowest BCUT2D eigenvalue weighted by Crippen LogP contribution is -2.31. The summed E-state index contributed by atoms with van der Waals surface area (Å²) < 4.78 is 23.8. The molecule has 0 aliphatic carbocycles. The first-order valence-corrected chi connectivity index (χ1v) is 5.95. The van der Waals surface area contributed by atoms with Gasteiger partial charge in [0.2, 0.25) is 6.17 Å². The molecule has 1 heterocycles. The van der Waals surface area contributed by atoms with Crippen LogP contribution in [0.25, 0.3) is 0 Å². The molecule has 2 rings (SSSR count). The molecule has 1 aliphatic heterocycles. The van der Waals surface area contributed by atoms with E-state index in [9.17, 15) is 9.18 Å². The van der Waals surface area contributed by atoms with Crippen molar-refractivity contribution in [1.29, 1.82) is 0 Å². The van der Waals surface area contributed by atoms with Crippen molar-refractivity contribution in [2.24, 2.45) is 5.73 Å². The lowest BCUT2D eigenvalue weighted by molar-refractivity contribution is -0.149. The van der Waals surface area contributed by atoms with Crippen molar-refractivity contribution in [2.75, 3.05) is 13.2 Å². The fourth-order valence-electron chi connectivity index (χ4n) is 1.95. The summed E-state index contributed by atoms with van der Waals surface area (Å²) in [7, 11) is 0. The van der Waals surface area contributed by atoms with Crippen LogP contribution in [0.15, 0.2) is 18.2 Å². The molecular formula is C13H16FNO3. The zero-order valence-electron chi connectivity index (χ0n) is 10.2. The van der Waals surface area contributed by atoms with Crippen molar-refractivity contribution < 1.29 is 18.7 Å². The van der Waals surface area contributed by atoms with Gasteiger partial charge in [-0.2, -0.15) is 0 Å². The largest absolute Gasteiger partial charge is 0.493 e. The van der Waals surface area contributed by atoms with Gasteiger partial charge in [0.15, 0.2) is 0 Å². The van der Waals surface area contributed by atoms with Crippen LogP contribution in [0, 0.1) is 0 Å². The van der Waals surface area contributed by atoms with E-state index >= 15 is 0 Å². The minimum atomic E-state index is -1.84. The number of esters is 1. The molecule has 4 nitrogen and oxygen atoms in total. The first-order chi connectivity index (χ1) is 8.63. The predicted molar refractivity (Wildman–Crippen MR) is 64.1 cm³/mol. The Morgan fingerprint density at radius 3 is 3.11 bits per heavy atom. The van der Waals surface area contributed by atoms with E-state index in [0.717, 1.165) is 17.7 Å². The van der Waals surface area contributed by atoms with Gasteiger partial charge < -0.3 is 15.2 Å². The lowest BCUT2D eigenvalue weighted by atomic mass is 10.00. The number of ether oxygens (including phenoxy) is 2. The van der Waals surface area contributed by atoms with Crippen LogP contribution >= 0.6 is 0 Å². The molecule has 1 aromatic carbocycles. The molecule has 0 bridgehead atoms. The molecule has 1 unspecified atom stereocenters. The van der Waals surface area contributed by atoms with Crippen molar-refractivity contribution in [2.45, 2.75) is 25.6 Å². The zero-order chi connectivity index (χ0) is 13.1. The summed E-state index contributed by atoms with van der Waals surface area (Å²) in [6.07, 6.45) is -1.06. The highest BCUT2D eigenvalue weighted by Gasteiger charge is 2.28. The minimum Gasteiger partial charge on any atom is -0.493 e. The van der Waals surface area contributed by atoms with Gasteiger partial charge in [-0.1, -0.05) is 12.1 Å². The second kappa shape index (κ2) is 5.35. The van der Waals surface area contributed by atoms with Crippen LogP contribution in [0.4, 0.5) is 4.39 Å². The van der Waals surface area contributed by atoms with Crippen LogP contribution in [-0.2, 0) is 16.0 Å². The van der Waals surface area contributed by atoms with E-state index in [4.69, 9.17) is 10.5 Å². The van der Waals surface area contributed by atoms with Crippen molar-refractivity contribution in [3.05, 3.63) is 29.3 Å². The summed E-state index contributed by atoms with van der Waals surface area (Å²) in [6.45, 7) is 2.40. The highest BCUT2D eigenvalue weighted by Crippen LogP contribution is 2.29. The topological polar surface area (TPSA) is 61.5 Å². The first kappa shape index (κ1) is 12.8. The molecule has 2 N–H and O–H groups in total. The molecule has 0 amide bonds. The predicted octanol–water partition coefficient (Wildman–Crippen LogP) is 1.52. The molecule has 0 spiro atoms. The summed E-state index contributed by atoms with van der Waals surface area (Å²) in [6, 6.07) is 4.23. The van der Waals surface area contributed by atoms with Crippen molar-refractivity contribution in [3.63, 3.8) is 0 Å². The maximum atomic E-state index is 13.8. The number of rotatable bonds is 4. The lowest BCUT2D eigenvalue weighted by Gasteiger charge is -2.16.